The third-order valence-corrected chi connectivity index (χ3v) is 13.3. The second-order valence-electron chi connectivity index (χ2n) is 10.4. The molecule has 12 fully saturated rings. The zero-order valence-corrected chi connectivity index (χ0v) is 13.9. The lowest BCUT2D eigenvalue weighted by Gasteiger charge is -3.08. The van der Waals surface area contributed by atoms with E-state index in [0.717, 1.165) is 0 Å². The van der Waals surface area contributed by atoms with Gasteiger partial charge in [0, 0.05) is 0 Å². The second kappa shape index (κ2) is 2.43. The van der Waals surface area contributed by atoms with Gasteiger partial charge in [-0.3, -0.25) is 9.59 Å². The number of hydrogen-bond donors (Lipinski definition) is 2. The summed E-state index contributed by atoms with van der Waals surface area (Å²) in [4.78, 5) is 22.4. The molecule has 0 atom stereocenters. The van der Waals surface area contributed by atoms with E-state index in [1.807, 2.05) is 0 Å². The molecule has 0 spiro atoms. The number of halogens is 2. The molecule has 12 saturated carbocycles. The summed E-state index contributed by atoms with van der Waals surface area (Å²) in [5.41, 5.74) is -0.451. The van der Waals surface area contributed by atoms with E-state index in [1.165, 1.54) is 0 Å². The van der Waals surface area contributed by atoms with Crippen molar-refractivity contribution in [3.05, 3.63) is 0 Å². The van der Waals surface area contributed by atoms with Crippen molar-refractivity contribution in [1.82, 2.24) is 0 Å². The van der Waals surface area contributed by atoms with Gasteiger partial charge in [-0.25, -0.2) is 0 Å². The smallest absolute Gasteiger partial charge is 0.310 e. The fraction of sp³-hybridized carbons (Fsp3) is 0.889. The van der Waals surface area contributed by atoms with Crippen LogP contribution in [0.4, 0.5) is 0 Å². The van der Waals surface area contributed by atoms with Gasteiger partial charge in [0.1, 0.15) is 0 Å². The molecular formula is C18H14Cl2O4. The van der Waals surface area contributed by atoms with Gasteiger partial charge in [0.25, 0.3) is 0 Å². The van der Waals surface area contributed by atoms with Crippen molar-refractivity contribution < 1.29 is 19.8 Å². The molecule has 4 nitrogen and oxygen atoms in total. The third-order valence-electron chi connectivity index (χ3n) is 11.8. The summed E-state index contributed by atoms with van der Waals surface area (Å²) < 4.78 is 0. The van der Waals surface area contributed by atoms with Gasteiger partial charge in [0.15, 0.2) is 0 Å². The first-order valence-corrected chi connectivity index (χ1v) is 9.95. The molecule has 0 saturated heterocycles. The van der Waals surface area contributed by atoms with E-state index in [2.05, 4.69) is 0 Å². The highest BCUT2D eigenvalue weighted by Gasteiger charge is 3.12. The molecular weight excluding hydrogens is 351 g/mol. The van der Waals surface area contributed by atoms with E-state index in [4.69, 9.17) is 33.4 Å². The molecule has 0 radical (unpaired) electrons. The molecule has 0 aliphatic heterocycles. The fourth-order valence-corrected chi connectivity index (χ4v) is 13.3. The highest BCUT2D eigenvalue weighted by atomic mass is 35.5. The Kier molecular flexibility index (Phi) is 1.22. The third kappa shape index (κ3) is 0.524. The molecule has 0 unspecified atom stereocenters. The van der Waals surface area contributed by atoms with Gasteiger partial charge in [-0.2, -0.15) is 0 Å². The van der Waals surface area contributed by atoms with Gasteiger partial charge < -0.3 is 10.2 Å². The fourth-order valence-electron chi connectivity index (χ4n) is 11.6. The lowest BCUT2D eigenvalue weighted by Crippen LogP contribution is -3.12. The Hall–Kier alpha value is -0.480. The van der Waals surface area contributed by atoms with Gasteiger partial charge in [-0.05, 0) is 71.0 Å². The van der Waals surface area contributed by atoms with Gasteiger partial charge >= 0.3 is 11.9 Å². The van der Waals surface area contributed by atoms with E-state index in [-0.39, 0.29) is 20.6 Å². The van der Waals surface area contributed by atoms with Gasteiger partial charge in [-0.1, -0.05) is 0 Å². The minimum absolute atomic E-state index is 0.136. The van der Waals surface area contributed by atoms with Crippen molar-refractivity contribution >= 4 is 35.1 Å². The molecule has 0 heterocycles. The van der Waals surface area contributed by atoms with Gasteiger partial charge in [-0.15, -0.1) is 23.2 Å². The molecule has 12 rings (SSSR count). The predicted molar refractivity (Wildman–Crippen MR) is 79.2 cm³/mol. The Morgan fingerprint density at radius 2 is 0.750 bits per heavy atom. The van der Waals surface area contributed by atoms with Crippen LogP contribution in [0.5, 0.6) is 0 Å². The standard InChI is InChI=1S/2C9H7ClO2/c2*10-9-4-1-5(9)3-6(9)2(4)8(1,3)7(11)12/h2*1-6H,(H,11,12). The molecule has 0 aromatic heterocycles. The number of alkyl halides is 2. The van der Waals surface area contributed by atoms with Crippen molar-refractivity contribution in [1.29, 1.82) is 0 Å². The average Bonchev–Trinajstić information content (AvgIpc) is 2.55. The minimum Gasteiger partial charge on any atom is -0.481 e. The molecule has 0 aromatic carbocycles. The summed E-state index contributed by atoms with van der Waals surface area (Å²) >= 11 is 12.7. The number of carboxylic acids is 2. The van der Waals surface area contributed by atoms with Crippen LogP contribution in [-0.2, 0) is 9.59 Å². The van der Waals surface area contributed by atoms with Crippen LogP contribution in [0, 0.1) is 81.8 Å². The first-order valence-electron chi connectivity index (χ1n) is 9.20. The molecule has 2 N–H and O–H groups in total. The predicted octanol–water partition coefficient (Wildman–Crippen LogP) is 1.60. The summed E-state index contributed by atoms with van der Waals surface area (Å²) in [6, 6.07) is 0. The molecule has 0 amide bonds. The first kappa shape index (κ1) is 12.0. The molecule has 0 bridgehead atoms. The number of rotatable bonds is 2. The van der Waals surface area contributed by atoms with E-state index >= 15 is 0 Å². The van der Waals surface area contributed by atoms with Crippen LogP contribution < -0.4 is 0 Å². The summed E-state index contributed by atoms with van der Waals surface area (Å²) in [7, 11) is 0. The highest BCUT2D eigenvalue weighted by Crippen LogP contribution is 3.09. The largest absolute Gasteiger partial charge is 0.481 e. The lowest BCUT2D eigenvalue weighted by molar-refractivity contribution is -0.582. The van der Waals surface area contributed by atoms with Crippen LogP contribution in [0.1, 0.15) is 0 Å². The molecule has 24 heavy (non-hydrogen) atoms. The molecule has 124 valence electrons. The van der Waals surface area contributed by atoms with E-state index in [0.29, 0.717) is 71.0 Å². The zero-order valence-electron chi connectivity index (χ0n) is 12.4. The van der Waals surface area contributed by atoms with E-state index < -0.39 is 11.9 Å². The Balaban J connectivity index is 0.0000000853. The Morgan fingerprint density at radius 3 is 0.917 bits per heavy atom. The highest BCUT2D eigenvalue weighted by molar-refractivity contribution is 6.29. The van der Waals surface area contributed by atoms with Crippen molar-refractivity contribution in [3.8, 4) is 0 Å². The molecule has 0 aromatic rings. The number of hydrogen-bond acceptors (Lipinski definition) is 2. The van der Waals surface area contributed by atoms with Crippen LogP contribution in [0.3, 0.4) is 0 Å². The maximum absolute atomic E-state index is 11.0. The van der Waals surface area contributed by atoms with Crippen LogP contribution in [0.25, 0.3) is 0 Å². The van der Waals surface area contributed by atoms with Crippen molar-refractivity contribution in [3.63, 3.8) is 0 Å². The normalized spacial score (nSPS) is 88.1. The monoisotopic (exact) mass is 364 g/mol. The SMILES string of the molecule is O=C(O)C12C3C4C1C1C2C3C41Cl.O=C(O)C12C3C4C1C1C2C3C41Cl. The summed E-state index contributed by atoms with van der Waals surface area (Å²) in [5, 5.41) is 18.2. The number of carboxylic acid groups (broad SMARTS) is 2. The van der Waals surface area contributed by atoms with Crippen LogP contribution in [0.2, 0.25) is 0 Å². The van der Waals surface area contributed by atoms with Crippen molar-refractivity contribution in [2.45, 2.75) is 9.75 Å². The number of aliphatic carboxylic acids is 2. The number of carbonyl (C=O) groups is 2. The van der Waals surface area contributed by atoms with Gasteiger partial charge in [0.2, 0.25) is 0 Å². The summed E-state index contributed by atoms with van der Waals surface area (Å²) in [6.45, 7) is 0. The van der Waals surface area contributed by atoms with E-state index in [1.54, 1.807) is 0 Å². The zero-order chi connectivity index (χ0) is 16.1. The van der Waals surface area contributed by atoms with E-state index in [9.17, 15) is 9.59 Å². The van der Waals surface area contributed by atoms with Crippen LogP contribution in [-0.4, -0.2) is 31.9 Å². The molecule has 12 aliphatic rings. The van der Waals surface area contributed by atoms with Crippen molar-refractivity contribution in [2.24, 2.45) is 81.8 Å². The quantitative estimate of drug-likeness (QED) is 0.729. The topological polar surface area (TPSA) is 74.6 Å². The Labute approximate surface area is 146 Å². The van der Waals surface area contributed by atoms with Crippen molar-refractivity contribution in [2.75, 3.05) is 0 Å². The van der Waals surface area contributed by atoms with Crippen LogP contribution >= 0.6 is 23.2 Å². The Bertz CT molecular complexity index is 714. The summed E-state index contributed by atoms with van der Waals surface area (Å²) in [6.07, 6.45) is 0. The Morgan fingerprint density at radius 1 is 0.542 bits per heavy atom. The van der Waals surface area contributed by atoms with Gasteiger partial charge in [0.05, 0.1) is 20.6 Å². The average molecular weight is 365 g/mol. The molecule has 12 aliphatic carbocycles. The first-order chi connectivity index (χ1) is 11.4. The summed E-state index contributed by atoms with van der Waals surface area (Å²) in [5.74, 6) is 5.72. The minimum atomic E-state index is -0.523. The maximum Gasteiger partial charge on any atom is 0.310 e. The van der Waals surface area contributed by atoms with Crippen LogP contribution in [0.15, 0.2) is 0 Å². The molecule has 6 heteroatoms. The second-order valence-corrected chi connectivity index (χ2v) is 11.7. The lowest BCUT2D eigenvalue weighted by atomic mass is 8.96. The maximum atomic E-state index is 11.0.